The van der Waals surface area contributed by atoms with Gasteiger partial charge in [-0.1, -0.05) is 6.07 Å². The normalized spacial score (nSPS) is 15.3. The highest BCUT2D eigenvalue weighted by Crippen LogP contribution is 2.27. The Kier molecular flexibility index (Phi) is 7.20. The first kappa shape index (κ1) is 21.2. The van der Waals surface area contributed by atoms with E-state index >= 15 is 0 Å². The molecule has 0 aliphatic carbocycles. The molecule has 1 saturated heterocycles. The summed E-state index contributed by atoms with van der Waals surface area (Å²) >= 11 is 0. The lowest BCUT2D eigenvalue weighted by atomic mass is 9.96. The number of carbonyl (C=O) groups is 1. The van der Waals surface area contributed by atoms with Crippen LogP contribution in [-0.2, 0) is 17.8 Å². The van der Waals surface area contributed by atoms with Gasteiger partial charge >= 0.3 is 0 Å². The molecule has 0 saturated carbocycles. The first-order valence-electron chi connectivity index (χ1n) is 10.2. The van der Waals surface area contributed by atoms with E-state index in [-0.39, 0.29) is 5.91 Å². The van der Waals surface area contributed by atoms with Crippen LogP contribution in [0.4, 0.5) is 0 Å². The molecule has 1 aromatic heterocycles. The molecule has 1 aliphatic heterocycles. The second kappa shape index (κ2) is 9.83. The van der Waals surface area contributed by atoms with Gasteiger partial charge in [0.15, 0.2) is 11.5 Å². The van der Waals surface area contributed by atoms with Crippen LogP contribution in [-0.4, -0.2) is 44.7 Å². The number of piperidine rings is 1. The maximum Gasteiger partial charge on any atom is 0.224 e. The number of ether oxygens (including phenoxy) is 2. The highest BCUT2D eigenvalue weighted by molar-refractivity contribution is 5.78. The first-order valence-corrected chi connectivity index (χ1v) is 10.2. The summed E-state index contributed by atoms with van der Waals surface area (Å²) in [4.78, 5) is 14.8. The van der Waals surface area contributed by atoms with E-state index in [1.54, 1.807) is 14.2 Å². The third kappa shape index (κ3) is 5.76. The fourth-order valence-electron chi connectivity index (χ4n) is 3.93. The van der Waals surface area contributed by atoms with Gasteiger partial charge in [-0.2, -0.15) is 0 Å². The zero-order valence-electron chi connectivity index (χ0n) is 17.9. The number of furan rings is 1. The van der Waals surface area contributed by atoms with Crippen molar-refractivity contribution in [3.05, 3.63) is 46.9 Å². The molecule has 6 heteroatoms. The van der Waals surface area contributed by atoms with Crippen molar-refractivity contribution in [1.82, 2.24) is 10.2 Å². The molecule has 1 N–H and O–H groups in total. The van der Waals surface area contributed by atoms with Crippen LogP contribution in [0, 0.1) is 19.8 Å². The van der Waals surface area contributed by atoms with Gasteiger partial charge in [-0.3, -0.25) is 9.69 Å². The maximum absolute atomic E-state index is 12.4. The van der Waals surface area contributed by atoms with E-state index in [1.807, 2.05) is 32.0 Å². The molecule has 0 spiro atoms. The van der Waals surface area contributed by atoms with Gasteiger partial charge in [0.05, 0.1) is 20.6 Å². The number of nitrogens with one attached hydrogen (secondary N) is 1. The smallest absolute Gasteiger partial charge is 0.224 e. The van der Waals surface area contributed by atoms with Crippen LogP contribution in [0.5, 0.6) is 11.5 Å². The first-order chi connectivity index (χ1) is 14.0. The number of benzene rings is 1. The summed E-state index contributed by atoms with van der Waals surface area (Å²) in [6, 6.07) is 7.73. The lowest BCUT2D eigenvalue weighted by Crippen LogP contribution is -2.38. The Morgan fingerprint density at radius 1 is 1.14 bits per heavy atom. The van der Waals surface area contributed by atoms with Gasteiger partial charge in [0, 0.05) is 18.7 Å². The molecule has 0 bridgehead atoms. The van der Waals surface area contributed by atoms with Crippen molar-refractivity contribution in [2.24, 2.45) is 5.92 Å². The van der Waals surface area contributed by atoms with Crippen molar-refractivity contribution in [1.29, 1.82) is 0 Å². The number of hydrogen-bond donors (Lipinski definition) is 1. The lowest BCUT2D eigenvalue weighted by Gasteiger charge is -2.31. The number of nitrogens with zero attached hydrogens (tertiary/aromatic N) is 1. The van der Waals surface area contributed by atoms with Gasteiger partial charge in [0.2, 0.25) is 5.91 Å². The zero-order chi connectivity index (χ0) is 20.8. The Morgan fingerprint density at radius 3 is 2.48 bits per heavy atom. The Morgan fingerprint density at radius 2 is 1.86 bits per heavy atom. The number of likely N-dealkylation sites (tertiary alicyclic amines) is 1. The molecular weight excluding hydrogens is 368 g/mol. The summed E-state index contributed by atoms with van der Waals surface area (Å²) in [6.45, 7) is 7.82. The Balaban J connectivity index is 1.41. The molecule has 0 radical (unpaired) electrons. The van der Waals surface area contributed by atoms with E-state index in [2.05, 4.69) is 16.3 Å². The molecule has 1 fully saturated rings. The van der Waals surface area contributed by atoms with Crippen molar-refractivity contribution in [3.63, 3.8) is 0 Å². The third-order valence-electron chi connectivity index (χ3n) is 5.65. The van der Waals surface area contributed by atoms with Gasteiger partial charge in [-0.05, 0) is 69.5 Å². The molecule has 2 aromatic rings. The van der Waals surface area contributed by atoms with Crippen molar-refractivity contribution >= 4 is 5.91 Å². The van der Waals surface area contributed by atoms with Crippen LogP contribution in [0.3, 0.4) is 0 Å². The molecule has 158 valence electrons. The minimum atomic E-state index is 0.0455. The van der Waals surface area contributed by atoms with Gasteiger partial charge in [0.1, 0.15) is 11.5 Å². The summed E-state index contributed by atoms with van der Waals surface area (Å²) in [6.07, 6.45) is 2.55. The number of hydrogen-bond acceptors (Lipinski definition) is 5. The monoisotopic (exact) mass is 400 g/mol. The van der Waals surface area contributed by atoms with E-state index < -0.39 is 0 Å². The van der Waals surface area contributed by atoms with Gasteiger partial charge < -0.3 is 19.2 Å². The third-order valence-corrected chi connectivity index (χ3v) is 5.65. The van der Waals surface area contributed by atoms with Crippen LogP contribution >= 0.6 is 0 Å². The predicted molar refractivity (Wildman–Crippen MR) is 112 cm³/mol. The maximum atomic E-state index is 12.4. The fourth-order valence-corrected chi connectivity index (χ4v) is 3.93. The highest BCUT2D eigenvalue weighted by atomic mass is 16.5. The average Bonchev–Trinajstić information content (AvgIpc) is 3.04. The number of rotatable bonds is 8. The van der Waals surface area contributed by atoms with E-state index in [1.165, 1.54) is 5.56 Å². The van der Waals surface area contributed by atoms with E-state index in [9.17, 15) is 4.79 Å². The van der Waals surface area contributed by atoms with Crippen LogP contribution in [0.15, 0.2) is 28.7 Å². The van der Waals surface area contributed by atoms with Crippen LogP contribution in [0.1, 0.15) is 35.5 Å². The number of amides is 1. The Hall–Kier alpha value is -2.47. The number of aryl methyl sites for hydroxylation is 2. The second-order valence-electron chi connectivity index (χ2n) is 7.83. The Labute approximate surface area is 173 Å². The molecule has 0 atom stereocenters. The summed E-state index contributed by atoms with van der Waals surface area (Å²) in [5.74, 6) is 3.89. The van der Waals surface area contributed by atoms with Crippen LogP contribution in [0.2, 0.25) is 0 Å². The largest absolute Gasteiger partial charge is 0.493 e. The van der Waals surface area contributed by atoms with Crippen molar-refractivity contribution in [3.8, 4) is 11.5 Å². The molecule has 1 amide bonds. The summed E-state index contributed by atoms with van der Waals surface area (Å²) < 4.78 is 16.2. The van der Waals surface area contributed by atoms with Crippen molar-refractivity contribution < 1.29 is 18.7 Å². The molecule has 3 rings (SSSR count). The molecule has 2 heterocycles. The molecule has 0 unspecified atom stereocenters. The van der Waals surface area contributed by atoms with E-state index in [0.717, 1.165) is 56.1 Å². The highest BCUT2D eigenvalue weighted by Gasteiger charge is 2.21. The quantitative estimate of drug-likeness (QED) is 0.735. The SMILES string of the molecule is COc1ccc(CC(=O)NCC2CCN(Cc3cc(C)oc3C)CC2)cc1OC. The van der Waals surface area contributed by atoms with Gasteiger partial charge in [-0.15, -0.1) is 0 Å². The summed E-state index contributed by atoms with van der Waals surface area (Å²) in [5, 5.41) is 3.10. The lowest BCUT2D eigenvalue weighted by molar-refractivity contribution is -0.120. The molecule has 1 aliphatic rings. The molecule has 29 heavy (non-hydrogen) atoms. The second-order valence-corrected chi connectivity index (χ2v) is 7.83. The summed E-state index contributed by atoms with van der Waals surface area (Å²) in [5.41, 5.74) is 2.20. The number of carbonyl (C=O) groups excluding carboxylic acids is 1. The van der Waals surface area contributed by atoms with Crippen LogP contribution in [0.25, 0.3) is 0 Å². The minimum Gasteiger partial charge on any atom is -0.493 e. The average molecular weight is 401 g/mol. The van der Waals surface area contributed by atoms with Crippen LogP contribution < -0.4 is 14.8 Å². The molecular formula is C23H32N2O4. The summed E-state index contributed by atoms with van der Waals surface area (Å²) in [7, 11) is 3.20. The molecule has 6 nitrogen and oxygen atoms in total. The van der Waals surface area contributed by atoms with Gasteiger partial charge in [0.25, 0.3) is 0 Å². The topological polar surface area (TPSA) is 63.9 Å². The van der Waals surface area contributed by atoms with E-state index in [4.69, 9.17) is 13.9 Å². The molecule has 1 aromatic carbocycles. The standard InChI is InChI=1S/C23H32N2O4/c1-16-11-20(17(2)29-16)15-25-9-7-18(8-10-25)14-24-23(26)13-19-5-6-21(27-3)22(12-19)28-4/h5-6,11-12,18H,7-10,13-15H2,1-4H3,(H,24,26). The van der Waals surface area contributed by atoms with E-state index in [0.29, 0.717) is 23.8 Å². The minimum absolute atomic E-state index is 0.0455. The zero-order valence-corrected chi connectivity index (χ0v) is 17.9. The predicted octanol–water partition coefficient (Wildman–Crippen LogP) is 3.48. The number of methoxy groups -OCH3 is 2. The van der Waals surface area contributed by atoms with Gasteiger partial charge in [-0.25, -0.2) is 0 Å². The van der Waals surface area contributed by atoms with Crippen molar-refractivity contribution in [2.75, 3.05) is 33.9 Å². The van der Waals surface area contributed by atoms with Crippen molar-refractivity contribution in [2.45, 2.75) is 39.7 Å². The fraction of sp³-hybridized carbons (Fsp3) is 0.522. The Bertz CT molecular complexity index is 822.